The van der Waals surface area contributed by atoms with Crippen molar-refractivity contribution in [2.24, 2.45) is 0 Å². The summed E-state index contributed by atoms with van der Waals surface area (Å²) in [7, 11) is 0. The van der Waals surface area contributed by atoms with Gasteiger partial charge in [0.15, 0.2) is 11.5 Å². The van der Waals surface area contributed by atoms with Crippen LogP contribution in [0.3, 0.4) is 0 Å². The molecule has 0 aliphatic carbocycles. The van der Waals surface area contributed by atoms with Crippen LogP contribution in [-0.2, 0) is 6.42 Å². The van der Waals surface area contributed by atoms with Gasteiger partial charge in [0.2, 0.25) is 0 Å². The van der Waals surface area contributed by atoms with Gasteiger partial charge in [-0.3, -0.25) is 0 Å². The van der Waals surface area contributed by atoms with Crippen molar-refractivity contribution in [3.05, 3.63) is 42.0 Å². The molecule has 0 saturated carbocycles. The molecule has 0 radical (unpaired) electrons. The van der Waals surface area contributed by atoms with Gasteiger partial charge in [-0.05, 0) is 37.6 Å². The average molecular weight is 287 g/mol. The quantitative estimate of drug-likeness (QED) is 0.801. The van der Waals surface area contributed by atoms with Gasteiger partial charge in [0, 0.05) is 24.9 Å². The van der Waals surface area contributed by atoms with Gasteiger partial charge >= 0.3 is 0 Å². The number of nitrogens with one attached hydrogen (secondary N) is 2. The second-order valence-electron chi connectivity index (χ2n) is 5.22. The van der Waals surface area contributed by atoms with Gasteiger partial charge in [0.05, 0.1) is 0 Å². The molecular weight excluding hydrogens is 266 g/mol. The van der Waals surface area contributed by atoms with E-state index in [-0.39, 0.29) is 6.04 Å². The van der Waals surface area contributed by atoms with Crippen LogP contribution < -0.4 is 14.8 Å². The lowest BCUT2D eigenvalue weighted by molar-refractivity contribution is 0.171. The second-order valence-corrected chi connectivity index (χ2v) is 5.22. The fraction of sp³-hybridized carbons (Fsp3) is 0.438. The third kappa shape index (κ3) is 3.55. The molecule has 3 rings (SSSR count). The van der Waals surface area contributed by atoms with Crippen molar-refractivity contribution < 1.29 is 9.47 Å². The first kappa shape index (κ1) is 13.9. The highest BCUT2D eigenvalue weighted by Crippen LogP contribution is 2.32. The first-order chi connectivity index (χ1) is 10.3. The summed E-state index contributed by atoms with van der Waals surface area (Å²) in [5.41, 5.74) is 1.22. The highest BCUT2D eigenvalue weighted by Gasteiger charge is 2.14. The number of aromatic nitrogens is 2. The number of ether oxygens (including phenoxy) is 2. The number of rotatable bonds is 6. The van der Waals surface area contributed by atoms with Crippen LogP contribution in [0.25, 0.3) is 0 Å². The zero-order valence-corrected chi connectivity index (χ0v) is 12.3. The third-order valence-corrected chi connectivity index (χ3v) is 3.66. The Morgan fingerprint density at radius 1 is 1.29 bits per heavy atom. The van der Waals surface area contributed by atoms with Crippen LogP contribution in [0, 0.1) is 0 Å². The molecule has 5 nitrogen and oxygen atoms in total. The molecule has 2 aromatic rings. The van der Waals surface area contributed by atoms with Gasteiger partial charge in [0.1, 0.15) is 19.0 Å². The van der Waals surface area contributed by atoms with E-state index >= 15 is 0 Å². The Morgan fingerprint density at radius 2 is 2.14 bits per heavy atom. The number of benzene rings is 1. The molecule has 1 atom stereocenters. The highest BCUT2D eigenvalue weighted by atomic mass is 16.6. The Balaban J connectivity index is 1.49. The van der Waals surface area contributed by atoms with Gasteiger partial charge in [-0.25, -0.2) is 4.98 Å². The van der Waals surface area contributed by atoms with Crippen LogP contribution in [0.5, 0.6) is 11.5 Å². The molecule has 1 aliphatic rings. The number of hydrogen-bond donors (Lipinski definition) is 2. The van der Waals surface area contributed by atoms with E-state index in [1.54, 1.807) is 6.20 Å². The number of aromatic amines is 1. The molecule has 0 amide bonds. The Hall–Kier alpha value is -2.01. The number of hydrogen-bond acceptors (Lipinski definition) is 4. The number of H-pyrrole nitrogens is 1. The number of nitrogens with zero attached hydrogens (tertiary/aromatic N) is 1. The van der Waals surface area contributed by atoms with Gasteiger partial charge in [-0.2, -0.15) is 0 Å². The number of fused-ring (bicyclic) bond motifs is 1. The molecule has 1 unspecified atom stereocenters. The standard InChI is InChI=1S/C16H21N3O2/c1-12(17-6-2-3-16-18-7-8-19-16)13-4-5-14-15(11-13)21-10-9-20-14/h4-5,7-8,11-12,17H,2-3,6,9-10H2,1H3,(H,18,19). The molecule has 1 aromatic heterocycles. The molecule has 0 bridgehead atoms. The van der Waals surface area contributed by atoms with Crippen LogP contribution in [-0.4, -0.2) is 29.7 Å². The molecule has 0 fully saturated rings. The van der Waals surface area contributed by atoms with Crippen LogP contribution in [0.1, 0.15) is 30.8 Å². The van der Waals surface area contributed by atoms with E-state index in [9.17, 15) is 0 Å². The Kier molecular flexibility index (Phi) is 4.40. The monoisotopic (exact) mass is 287 g/mol. The SMILES string of the molecule is CC(NCCCc1ncc[nH]1)c1ccc2c(c1)OCCO2. The largest absolute Gasteiger partial charge is 0.486 e. The molecule has 21 heavy (non-hydrogen) atoms. The van der Waals surface area contributed by atoms with Crippen LogP contribution >= 0.6 is 0 Å². The van der Waals surface area contributed by atoms with Gasteiger partial charge < -0.3 is 19.8 Å². The van der Waals surface area contributed by atoms with E-state index in [1.807, 2.05) is 12.3 Å². The lowest BCUT2D eigenvalue weighted by Gasteiger charge is -2.21. The van der Waals surface area contributed by atoms with Crippen LogP contribution in [0.15, 0.2) is 30.6 Å². The van der Waals surface area contributed by atoms with E-state index in [1.165, 1.54) is 5.56 Å². The zero-order valence-electron chi connectivity index (χ0n) is 12.3. The average Bonchev–Trinajstić information content (AvgIpc) is 3.04. The van der Waals surface area contributed by atoms with Crippen molar-refractivity contribution in [1.82, 2.24) is 15.3 Å². The summed E-state index contributed by atoms with van der Waals surface area (Å²) < 4.78 is 11.2. The molecule has 1 aliphatic heterocycles. The molecule has 2 heterocycles. The van der Waals surface area contributed by atoms with Crippen molar-refractivity contribution in [3.8, 4) is 11.5 Å². The summed E-state index contributed by atoms with van der Waals surface area (Å²) in [5, 5.41) is 3.53. The second kappa shape index (κ2) is 6.63. The van der Waals surface area contributed by atoms with Crippen molar-refractivity contribution in [3.63, 3.8) is 0 Å². The van der Waals surface area contributed by atoms with Crippen LogP contribution in [0.2, 0.25) is 0 Å². The van der Waals surface area contributed by atoms with E-state index in [0.29, 0.717) is 13.2 Å². The minimum atomic E-state index is 0.289. The highest BCUT2D eigenvalue weighted by molar-refractivity contribution is 5.44. The summed E-state index contributed by atoms with van der Waals surface area (Å²) in [5.74, 6) is 2.74. The zero-order chi connectivity index (χ0) is 14.5. The van der Waals surface area contributed by atoms with Gasteiger partial charge in [-0.1, -0.05) is 6.07 Å². The van der Waals surface area contributed by atoms with Crippen molar-refractivity contribution in [1.29, 1.82) is 0 Å². The van der Waals surface area contributed by atoms with Gasteiger partial charge in [-0.15, -0.1) is 0 Å². The lowest BCUT2D eigenvalue weighted by Crippen LogP contribution is -2.21. The maximum atomic E-state index is 5.62. The summed E-state index contributed by atoms with van der Waals surface area (Å²) in [6, 6.07) is 6.44. The van der Waals surface area contributed by atoms with E-state index < -0.39 is 0 Å². The smallest absolute Gasteiger partial charge is 0.161 e. The predicted molar refractivity (Wildman–Crippen MR) is 80.8 cm³/mol. The normalized spacial score (nSPS) is 14.9. The first-order valence-electron chi connectivity index (χ1n) is 7.44. The Morgan fingerprint density at radius 3 is 2.95 bits per heavy atom. The first-order valence-corrected chi connectivity index (χ1v) is 7.44. The predicted octanol–water partition coefficient (Wildman–Crippen LogP) is 2.46. The third-order valence-electron chi connectivity index (χ3n) is 3.66. The van der Waals surface area contributed by atoms with Crippen molar-refractivity contribution in [2.75, 3.05) is 19.8 Å². The summed E-state index contributed by atoms with van der Waals surface area (Å²) in [6.45, 7) is 4.38. The number of imidazole rings is 1. The lowest BCUT2D eigenvalue weighted by atomic mass is 10.1. The molecule has 112 valence electrons. The fourth-order valence-electron chi connectivity index (χ4n) is 2.46. The molecule has 2 N–H and O–H groups in total. The molecule has 1 aromatic carbocycles. The van der Waals surface area contributed by atoms with E-state index in [4.69, 9.17) is 9.47 Å². The maximum Gasteiger partial charge on any atom is 0.161 e. The van der Waals surface area contributed by atoms with E-state index in [0.717, 1.165) is 36.7 Å². The molecule has 5 heteroatoms. The number of aryl methyl sites for hydroxylation is 1. The van der Waals surface area contributed by atoms with Crippen molar-refractivity contribution in [2.45, 2.75) is 25.8 Å². The Bertz CT molecular complexity index is 569. The van der Waals surface area contributed by atoms with E-state index in [2.05, 4.69) is 34.3 Å². The van der Waals surface area contributed by atoms with Gasteiger partial charge in [0.25, 0.3) is 0 Å². The van der Waals surface area contributed by atoms with Crippen LogP contribution in [0.4, 0.5) is 0 Å². The molecular formula is C16H21N3O2. The molecule has 0 saturated heterocycles. The fourth-order valence-corrected chi connectivity index (χ4v) is 2.46. The van der Waals surface area contributed by atoms with Crippen molar-refractivity contribution >= 4 is 0 Å². The summed E-state index contributed by atoms with van der Waals surface area (Å²) in [6.07, 6.45) is 5.68. The Labute approximate surface area is 124 Å². The summed E-state index contributed by atoms with van der Waals surface area (Å²) in [4.78, 5) is 7.35. The molecule has 0 spiro atoms. The maximum absolute atomic E-state index is 5.62. The summed E-state index contributed by atoms with van der Waals surface area (Å²) >= 11 is 0. The minimum absolute atomic E-state index is 0.289. The topological polar surface area (TPSA) is 59.2 Å². The minimum Gasteiger partial charge on any atom is -0.486 e.